The van der Waals surface area contributed by atoms with E-state index >= 15 is 0 Å². The summed E-state index contributed by atoms with van der Waals surface area (Å²) in [5.41, 5.74) is 2.32. The van der Waals surface area contributed by atoms with Gasteiger partial charge < -0.3 is 5.11 Å². The molecule has 1 aliphatic rings. The van der Waals surface area contributed by atoms with Crippen molar-refractivity contribution in [1.29, 1.82) is 0 Å². The summed E-state index contributed by atoms with van der Waals surface area (Å²) in [5.74, 6) is -0.278. The van der Waals surface area contributed by atoms with Crippen LogP contribution in [0, 0.1) is 0 Å². The lowest BCUT2D eigenvalue weighted by atomic mass is 9.86. The van der Waals surface area contributed by atoms with Gasteiger partial charge in [0.15, 0.2) is 0 Å². The van der Waals surface area contributed by atoms with E-state index in [1.807, 2.05) is 12.1 Å². The first kappa shape index (κ1) is 15.2. The number of hydrogen-bond acceptors (Lipinski definition) is 3. The molecule has 20 heavy (non-hydrogen) atoms. The van der Waals surface area contributed by atoms with Gasteiger partial charge in [-0.2, -0.15) is 0 Å². The van der Waals surface area contributed by atoms with Gasteiger partial charge in [0.1, 0.15) is 6.04 Å². The van der Waals surface area contributed by atoms with Gasteiger partial charge in [0.25, 0.3) is 0 Å². The van der Waals surface area contributed by atoms with E-state index in [0.29, 0.717) is 5.75 Å². The Morgan fingerprint density at radius 1 is 1.25 bits per heavy atom. The Labute approximate surface area is 122 Å². The van der Waals surface area contributed by atoms with Crippen molar-refractivity contribution in [1.82, 2.24) is 5.32 Å². The molecule has 0 amide bonds. The van der Waals surface area contributed by atoms with E-state index < -0.39 is 22.8 Å². The number of rotatable bonds is 2. The van der Waals surface area contributed by atoms with Crippen LogP contribution in [0.1, 0.15) is 37.9 Å². The molecule has 3 unspecified atom stereocenters. The minimum atomic E-state index is -1.09. The van der Waals surface area contributed by atoms with Crippen molar-refractivity contribution in [3.63, 3.8) is 0 Å². The Bertz CT molecular complexity index is 519. The summed E-state index contributed by atoms with van der Waals surface area (Å²) in [5, 5.41) is 12.1. The van der Waals surface area contributed by atoms with Gasteiger partial charge in [0.05, 0.1) is 0 Å². The third-order valence-electron chi connectivity index (χ3n) is 3.58. The zero-order valence-corrected chi connectivity index (χ0v) is 12.9. The summed E-state index contributed by atoms with van der Waals surface area (Å²) in [6, 6.07) is 7.24. The second kappa shape index (κ2) is 5.66. The van der Waals surface area contributed by atoms with Crippen LogP contribution in [-0.2, 0) is 21.0 Å². The molecule has 1 saturated heterocycles. The molecule has 0 aromatic heterocycles. The third-order valence-corrected chi connectivity index (χ3v) is 4.99. The Balaban J connectivity index is 2.18. The van der Waals surface area contributed by atoms with Crippen LogP contribution in [0.3, 0.4) is 0 Å². The fourth-order valence-corrected chi connectivity index (χ4v) is 3.74. The fraction of sp³-hybridized carbons (Fsp3) is 0.533. The molecular weight excluding hydrogens is 274 g/mol. The molecule has 1 aromatic carbocycles. The van der Waals surface area contributed by atoms with E-state index in [-0.39, 0.29) is 17.2 Å². The highest BCUT2D eigenvalue weighted by atomic mass is 32.2. The van der Waals surface area contributed by atoms with E-state index in [4.69, 9.17) is 5.11 Å². The van der Waals surface area contributed by atoms with E-state index in [0.717, 1.165) is 5.56 Å². The van der Waals surface area contributed by atoms with Crippen LogP contribution < -0.4 is 5.32 Å². The normalized spacial score (nSPS) is 27.2. The molecule has 0 radical (unpaired) electrons. The van der Waals surface area contributed by atoms with Gasteiger partial charge >= 0.3 is 5.97 Å². The lowest BCUT2D eigenvalue weighted by molar-refractivity contribution is -0.139. The zero-order valence-electron chi connectivity index (χ0n) is 12.1. The first-order valence-electron chi connectivity index (χ1n) is 6.71. The Hall–Kier alpha value is -1.20. The largest absolute Gasteiger partial charge is 0.480 e. The van der Waals surface area contributed by atoms with Crippen LogP contribution >= 0.6 is 0 Å². The number of carboxylic acids is 1. The topological polar surface area (TPSA) is 66.4 Å². The molecule has 2 N–H and O–H groups in total. The van der Waals surface area contributed by atoms with Crippen LogP contribution in [0.5, 0.6) is 0 Å². The van der Waals surface area contributed by atoms with E-state index in [1.165, 1.54) is 5.56 Å². The van der Waals surface area contributed by atoms with E-state index in [2.05, 4.69) is 38.2 Å². The molecule has 0 bridgehead atoms. The smallest absolute Gasteiger partial charge is 0.321 e. The molecule has 0 aliphatic carbocycles. The molecule has 1 aromatic rings. The minimum absolute atomic E-state index is 0.0882. The predicted octanol–water partition coefficient (Wildman–Crippen LogP) is 1.83. The molecule has 1 fully saturated rings. The Morgan fingerprint density at radius 3 is 2.35 bits per heavy atom. The van der Waals surface area contributed by atoms with Crippen LogP contribution in [0.4, 0.5) is 0 Å². The molecule has 3 atom stereocenters. The van der Waals surface area contributed by atoms with Crippen molar-refractivity contribution in [3.05, 3.63) is 35.4 Å². The fourth-order valence-electron chi connectivity index (χ4n) is 2.33. The predicted molar refractivity (Wildman–Crippen MR) is 80.3 cm³/mol. The van der Waals surface area contributed by atoms with Crippen molar-refractivity contribution in [2.24, 2.45) is 0 Å². The Kier molecular flexibility index (Phi) is 4.30. The summed E-state index contributed by atoms with van der Waals surface area (Å²) < 4.78 is 11.8. The van der Waals surface area contributed by atoms with Crippen molar-refractivity contribution in [2.75, 3.05) is 11.5 Å². The third kappa shape index (κ3) is 3.46. The number of carbonyl (C=O) groups is 1. The number of nitrogens with one attached hydrogen (secondary N) is 1. The van der Waals surface area contributed by atoms with Gasteiger partial charge in [-0.15, -0.1) is 0 Å². The number of hydrogen-bond donors (Lipinski definition) is 2. The summed E-state index contributed by atoms with van der Waals surface area (Å²) in [4.78, 5) is 11.1. The molecule has 0 saturated carbocycles. The van der Waals surface area contributed by atoms with Crippen LogP contribution in [0.15, 0.2) is 24.3 Å². The Morgan fingerprint density at radius 2 is 1.85 bits per heavy atom. The molecule has 2 rings (SSSR count). The van der Waals surface area contributed by atoms with Crippen LogP contribution in [0.25, 0.3) is 0 Å². The van der Waals surface area contributed by atoms with E-state index in [1.54, 1.807) is 0 Å². The maximum absolute atomic E-state index is 11.8. The summed E-state index contributed by atoms with van der Waals surface area (Å²) in [6.45, 7) is 6.45. The molecular formula is C15H21NO3S. The molecule has 110 valence electrons. The van der Waals surface area contributed by atoms with E-state index in [9.17, 15) is 9.00 Å². The quantitative estimate of drug-likeness (QED) is 0.873. The van der Waals surface area contributed by atoms with Crippen LogP contribution in [-0.4, -0.2) is 32.8 Å². The van der Waals surface area contributed by atoms with Crippen LogP contribution in [0.2, 0.25) is 0 Å². The van der Waals surface area contributed by atoms with Crippen molar-refractivity contribution in [2.45, 2.75) is 38.3 Å². The SMILES string of the molecule is CC(C)(C)c1ccc(C2CS(=O)CC(C(=O)O)N2)cc1. The summed E-state index contributed by atoms with van der Waals surface area (Å²) >= 11 is 0. The number of carboxylic acid groups (broad SMARTS) is 1. The summed E-state index contributed by atoms with van der Waals surface area (Å²) in [6.07, 6.45) is 0. The second-order valence-electron chi connectivity index (χ2n) is 6.26. The molecule has 5 heteroatoms. The molecule has 0 spiro atoms. The molecule has 1 aliphatic heterocycles. The van der Waals surface area contributed by atoms with Gasteiger partial charge in [-0.05, 0) is 16.5 Å². The van der Waals surface area contributed by atoms with Gasteiger partial charge in [0, 0.05) is 28.3 Å². The molecule has 1 heterocycles. The highest BCUT2D eigenvalue weighted by molar-refractivity contribution is 7.85. The second-order valence-corrected chi connectivity index (χ2v) is 7.80. The maximum Gasteiger partial charge on any atom is 0.321 e. The number of aliphatic carboxylic acids is 1. The number of benzene rings is 1. The highest BCUT2D eigenvalue weighted by Gasteiger charge is 2.31. The average Bonchev–Trinajstić information content (AvgIpc) is 2.37. The summed E-state index contributed by atoms with van der Waals surface area (Å²) in [7, 11) is -1.09. The first-order valence-corrected chi connectivity index (χ1v) is 8.20. The first-order chi connectivity index (χ1) is 9.27. The van der Waals surface area contributed by atoms with Crippen molar-refractivity contribution in [3.8, 4) is 0 Å². The van der Waals surface area contributed by atoms with Crippen molar-refractivity contribution < 1.29 is 14.1 Å². The lowest BCUT2D eigenvalue weighted by Crippen LogP contribution is -2.49. The van der Waals surface area contributed by atoms with Gasteiger partial charge in [0.2, 0.25) is 0 Å². The minimum Gasteiger partial charge on any atom is -0.480 e. The lowest BCUT2D eigenvalue weighted by Gasteiger charge is -2.29. The zero-order chi connectivity index (χ0) is 14.9. The molecule has 4 nitrogen and oxygen atoms in total. The highest BCUT2D eigenvalue weighted by Crippen LogP contribution is 2.25. The van der Waals surface area contributed by atoms with Crippen molar-refractivity contribution >= 4 is 16.8 Å². The van der Waals surface area contributed by atoms with Gasteiger partial charge in [-0.25, -0.2) is 0 Å². The van der Waals surface area contributed by atoms with Gasteiger partial charge in [-0.3, -0.25) is 14.3 Å². The average molecular weight is 295 g/mol. The maximum atomic E-state index is 11.8. The van der Waals surface area contributed by atoms with Gasteiger partial charge in [-0.1, -0.05) is 45.0 Å². The standard InChI is InChI=1S/C15H21NO3S/c1-15(2,3)11-6-4-10(5-7-11)12-8-20(19)9-13(16-12)14(17)18/h4-7,12-13,16H,8-9H2,1-3H3,(H,17,18). The monoisotopic (exact) mass is 295 g/mol.